The van der Waals surface area contributed by atoms with E-state index in [9.17, 15) is 9.18 Å². The van der Waals surface area contributed by atoms with Gasteiger partial charge in [-0.15, -0.1) is 0 Å². The zero-order valence-corrected chi connectivity index (χ0v) is 14.9. The van der Waals surface area contributed by atoms with Gasteiger partial charge in [-0.2, -0.15) is 0 Å². The van der Waals surface area contributed by atoms with Crippen LogP contribution in [0.4, 0.5) is 4.39 Å². The number of hydrogen-bond donors (Lipinski definition) is 2. The maximum absolute atomic E-state index is 13.0. The van der Waals surface area contributed by atoms with Crippen LogP contribution in [0.1, 0.15) is 18.1 Å². The normalized spacial score (nSPS) is 14.9. The van der Waals surface area contributed by atoms with Crippen LogP contribution in [0.3, 0.4) is 0 Å². The third-order valence-corrected chi connectivity index (χ3v) is 3.81. The molecular formula is C19H17FN2O3S. The molecule has 2 aromatic rings. The van der Waals surface area contributed by atoms with E-state index in [0.717, 1.165) is 11.1 Å². The lowest BCUT2D eigenvalue weighted by Gasteiger charge is -2.13. The van der Waals surface area contributed by atoms with Crippen molar-refractivity contribution in [2.75, 3.05) is 6.61 Å². The van der Waals surface area contributed by atoms with Gasteiger partial charge < -0.3 is 14.8 Å². The van der Waals surface area contributed by atoms with E-state index >= 15 is 0 Å². The van der Waals surface area contributed by atoms with Crippen LogP contribution >= 0.6 is 12.2 Å². The van der Waals surface area contributed by atoms with Crippen molar-refractivity contribution in [1.82, 2.24) is 10.6 Å². The molecule has 0 spiro atoms. The molecule has 26 heavy (non-hydrogen) atoms. The minimum absolute atomic E-state index is 0.274. The molecule has 1 aliphatic rings. The van der Waals surface area contributed by atoms with Crippen LogP contribution in [-0.2, 0) is 11.4 Å². The third kappa shape index (κ3) is 4.37. The summed E-state index contributed by atoms with van der Waals surface area (Å²) in [6, 6.07) is 11.5. The predicted octanol–water partition coefficient (Wildman–Crippen LogP) is 3.15. The van der Waals surface area contributed by atoms with Crippen molar-refractivity contribution >= 4 is 29.3 Å². The molecule has 0 saturated carbocycles. The Labute approximate surface area is 155 Å². The van der Waals surface area contributed by atoms with E-state index in [2.05, 4.69) is 10.6 Å². The second-order valence-corrected chi connectivity index (χ2v) is 5.93. The smallest absolute Gasteiger partial charge is 0.273 e. The molecule has 1 fully saturated rings. The summed E-state index contributed by atoms with van der Waals surface area (Å²) in [5, 5.41) is 5.59. The number of hydrogen-bond acceptors (Lipinski definition) is 4. The van der Waals surface area contributed by atoms with Gasteiger partial charge in [0.05, 0.1) is 6.61 Å². The van der Waals surface area contributed by atoms with Crippen molar-refractivity contribution < 1.29 is 18.7 Å². The average molecular weight is 372 g/mol. The van der Waals surface area contributed by atoms with Crippen LogP contribution < -0.4 is 20.1 Å². The van der Waals surface area contributed by atoms with Crippen molar-refractivity contribution in [2.24, 2.45) is 0 Å². The summed E-state index contributed by atoms with van der Waals surface area (Å²) < 4.78 is 24.4. The zero-order valence-electron chi connectivity index (χ0n) is 14.0. The second kappa shape index (κ2) is 7.97. The standard InChI is InChI=1S/C19H17FN2O3S/c1-2-24-17-10-13(9-15-18(23)22-19(26)21-15)5-8-16(17)25-11-12-3-6-14(20)7-4-12/h3-10H,2,11H2,1H3,(H2,21,22,23,26). The Morgan fingerprint density at radius 2 is 1.85 bits per heavy atom. The van der Waals surface area contributed by atoms with E-state index in [1.54, 1.807) is 30.3 Å². The van der Waals surface area contributed by atoms with Crippen LogP contribution in [0, 0.1) is 5.82 Å². The monoisotopic (exact) mass is 372 g/mol. The molecule has 7 heteroatoms. The van der Waals surface area contributed by atoms with Gasteiger partial charge in [0.2, 0.25) is 0 Å². The number of rotatable bonds is 6. The molecule has 0 radical (unpaired) electrons. The van der Waals surface area contributed by atoms with E-state index in [1.165, 1.54) is 12.1 Å². The molecule has 0 unspecified atom stereocenters. The Bertz CT molecular complexity index is 866. The van der Waals surface area contributed by atoms with Gasteiger partial charge in [0.15, 0.2) is 16.6 Å². The van der Waals surface area contributed by atoms with Gasteiger partial charge in [-0.25, -0.2) is 4.39 Å². The maximum Gasteiger partial charge on any atom is 0.273 e. The van der Waals surface area contributed by atoms with E-state index in [1.807, 2.05) is 13.0 Å². The lowest BCUT2D eigenvalue weighted by atomic mass is 10.1. The summed E-state index contributed by atoms with van der Waals surface area (Å²) in [5.74, 6) is 0.567. The fraction of sp³-hybridized carbons (Fsp3) is 0.158. The predicted molar refractivity (Wildman–Crippen MR) is 100 cm³/mol. The van der Waals surface area contributed by atoms with Crippen molar-refractivity contribution in [1.29, 1.82) is 0 Å². The SMILES string of the molecule is CCOc1cc(C=C2NC(=S)NC2=O)ccc1OCc1ccc(F)cc1. The van der Waals surface area contributed by atoms with Crippen LogP contribution in [0.15, 0.2) is 48.2 Å². The quantitative estimate of drug-likeness (QED) is 0.603. The number of halogens is 1. The topological polar surface area (TPSA) is 59.6 Å². The number of carbonyl (C=O) groups excluding carboxylic acids is 1. The maximum atomic E-state index is 13.0. The Kier molecular flexibility index (Phi) is 5.48. The fourth-order valence-corrected chi connectivity index (χ4v) is 2.60. The van der Waals surface area contributed by atoms with Gasteiger partial charge >= 0.3 is 0 Å². The Morgan fingerprint density at radius 3 is 2.50 bits per heavy atom. The molecule has 1 saturated heterocycles. The molecule has 0 aliphatic carbocycles. The summed E-state index contributed by atoms with van der Waals surface area (Å²) in [5.41, 5.74) is 1.99. The molecule has 134 valence electrons. The molecule has 1 heterocycles. The number of thiocarbonyl (C=S) groups is 1. The Hall–Kier alpha value is -2.93. The highest BCUT2D eigenvalue weighted by molar-refractivity contribution is 7.80. The Morgan fingerprint density at radius 1 is 1.08 bits per heavy atom. The molecule has 0 atom stereocenters. The van der Waals surface area contributed by atoms with Crippen LogP contribution in [0.5, 0.6) is 11.5 Å². The van der Waals surface area contributed by atoms with Gasteiger partial charge in [0.25, 0.3) is 5.91 Å². The first-order valence-electron chi connectivity index (χ1n) is 8.03. The van der Waals surface area contributed by atoms with Gasteiger partial charge in [-0.1, -0.05) is 18.2 Å². The number of nitrogens with one attached hydrogen (secondary N) is 2. The van der Waals surface area contributed by atoms with E-state index in [-0.39, 0.29) is 16.8 Å². The summed E-state index contributed by atoms with van der Waals surface area (Å²) in [6.07, 6.45) is 1.68. The average Bonchev–Trinajstić information content (AvgIpc) is 2.93. The molecule has 0 bridgehead atoms. The first-order chi connectivity index (χ1) is 12.5. The lowest BCUT2D eigenvalue weighted by Crippen LogP contribution is -2.21. The number of ether oxygens (including phenoxy) is 2. The fourth-order valence-electron chi connectivity index (χ4n) is 2.39. The van der Waals surface area contributed by atoms with Gasteiger partial charge in [-0.3, -0.25) is 10.1 Å². The van der Waals surface area contributed by atoms with Crippen LogP contribution in [-0.4, -0.2) is 17.6 Å². The number of carbonyl (C=O) groups is 1. The molecular weight excluding hydrogens is 355 g/mol. The highest BCUT2D eigenvalue weighted by atomic mass is 32.1. The van der Waals surface area contributed by atoms with Crippen molar-refractivity contribution in [2.45, 2.75) is 13.5 Å². The van der Waals surface area contributed by atoms with Crippen molar-refractivity contribution in [3.05, 3.63) is 65.1 Å². The van der Waals surface area contributed by atoms with Gasteiger partial charge in [-0.05, 0) is 60.6 Å². The summed E-state index contributed by atoms with van der Waals surface area (Å²) in [7, 11) is 0. The molecule has 5 nitrogen and oxygen atoms in total. The second-order valence-electron chi connectivity index (χ2n) is 5.52. The zero-order chi connectivity index (χ0) is 18.5. The first-order valence-corrected chi connectivity index (χ1v) is 8.44. The molecule has 2 aromatic carbocycles. The summed E-state index contributed by atoms with van der Waals surface area (Å²) in [4.78, 5) is 11.7. The van der Waals surface area contributed by atoms with Crippen LogP contribution in [0.2, 0.25) is 0 Å². The molecule has 3 rings (SSSR count). The summed E-state index contributed by atoms with van der Waals surface area (Å²) >= 11 is 4.91. The lowest BCUT2D eigenvalue weighted by molar-refractivity contribution is -0.115. The van der Waals surface area contributed by atoms with Crippen molar-refractivity contribution in [3.63, 3.8) is 0 Å². The number of amides is 1. The minimum atomic E-state index is -0.287. The highest BCUT2D eigenvalue weighted by Gasteiger charge is 2.20. The van der Waals surface area contributed by atoms with Crippen LogP contribution in [0.25, 0.3) is 6.08 Å². The van der Waals surface area contributed by atoms with E-state index in [4.69, 9.17) is 21.7 Å². The third-order valence-electron chi connectivity index (χ3n) is 3.61. The largest absolute Gasteiger partial charge is 0.490 e. The molecule has 2 N–H and O–H groups in total. The van der Waals surface area contributed by atoms with Gasteiger partial charge in [0.1, 0.15) is 18.1 Å². The highest BCUT2D eigenvalue weighted by Crippen LogP contribution is 2.30. The molecule has 0 aromatic heterocycles. The molecule has 1 amide bonds. The minimum Gasteiger partial charge on any atom is -0.490 e. The van der Waals surface area contributed by atoms with E-state index in [0.29, 0.717) is 30.4 Å². The molecule has 1 aliphatic heterocycles. The van der Waals surface area contributed by atoms with E-state index < -0.39 is 0 Å². The first kappa shape index (κ1) is 17.9. The Balaban J connectivity index is 1.78. The van der Waals surface area contributed by atoms with Gasteiger partial charge in [0, 0.05) is 0 Å². The number of benzene rings is 2. The van der Waals surface area contributed by atoms with Crippen molar-refractivity contribution in [3.8, 4) is 11.5 Å². The summed E-state index contributed by atoms with van der Waals surface area (Å²) in [6.45, 7) is 2.63.